The quantitative estimate of drug-likeness (QED) is 0.842. The molecule has 100 valence electrons. The van der Waals surface area contributed by atoms with Crippen molar-refractivity contribution >= 4 is 11.6 Å². The zero-order chi connectivity index (χ0) is 13.7. The van der Waals surface area contributed by atoms with Gasteiger partial charge in [-0.3, -0.25) is 4.79 Å². The highest BCUT2D eigenvalue weighted by molar-refractivity contribution is 5.92. The summed E-state index contributed by atoms with van der Waals surface area (Å²) < 4.78 is 0. The first-order chi connectivity index (χ1) is 8.42. The summed E-state index contributed by atoms with van der Waals surface area (Å²) in [6.45, 7) is 8.66. The number of amides is 1. The lowest BCUT2D eigenvalue weighted by Gasteiger charge is -2.17. The van der Waals surface area contributed by atoms with E-state index in [2.05, 4.69) is 25.2 Å². The molecule has 1 unspecified atom stereocenters. The van der Waals surface area contributed by atoms with Gasteiger partial charge in [0.15, 0.2) is 0 Å². The van der Waals surface area contributed by atoms with Crippen molar-refractivity contribution in [2.24, 2.45) is 17.6 Å². The molecule has 0 spiro atoms. The van der Waals surface area contributed by atoms with E-state index in [0.29, 0.717) is 12.5 Å². The highest BCUT2D eigenvalue weighted by Crippen LogP contribution is 2.17. The zero-order valence-corrected chi connectivity index (χ0v) is 11.8. The molecule has 3 nitrogen and oxygen atoms in total. The lowest BCUT2D eigenvalue weighted by molar-refractivity contribution is -0.120. The molecular weight excluding hydrogens is 224 g/mol. The molecule has 0 heterocycles. The minimum absolute atomic E-state index is 0.0243. The molecule has 0 aromatic heterocycles. The van der Waals surface area contributed by atoms with E-state index in [1.54, 1.807) is 0 Å². The largest absolute Gasteiger partial charge is 0.330 e. The van der Waals surface area contributed by atoms with E-state index >= 15 is 0 Å². The maximum absolute atomic E-state index is 12.1. The van der Waals surface area contributed by atoms with Crippen LogP contribution in [0.25, 0.3) is 0 Å². The van der Waals surface area contributed by atoms with E-state index in [4.69, 9.17) is 5.73 Å². The maximum atomic E-state index is 12.1. The molecule has 0 aliphatic heterocycles. The zero-order valence-electron chi connectivity index (χ0n) is 11.8. The van der Waals surface area contributed by atoms with Gasteiger partial charge in [-0.15, -0.1) is 0 Å². The van der Waals surface area contributed by atoms with Gasteiger partial charge in [-0.05, 0) is 49.4 Å². The Hall–Kier alpha value is -1.35. The van der Waals surface area contributed by atoms with Gasteiger partial charge in [0.2, 0.25) is 5.91 Å². The van der Waals surface area contributed by atoms with Crippen LogP contribution in [-0.2, 0) is 4.79 Å². The van der Waals surface area contributed by atoms with Gasteiger partial charge in [0.05, 0.1) is 5.92 Å². The fourth-order valence-electron chi connectivity index (χ4n) is 2.17. The number of anilines is 1. The molecule has 3 N–H and O–H groups in total. The molecule has 0 radical (unpaired) electrons. The van der Waals surface area contributed by atoms with Crippen LogP contribution in [0.15, 0.2) is 18.2 Å². The summed E-state index contributed by atoms with van der Waals surface area (Å²) in [6.07, 6.45) is 0.827. The van der Waals surface area contributed by atoms with Gasteiger partial charge in [-0.2, -0.15) is 0 Å². The molecule has 1 amide bonds. The lowest BCUT2D eigenvalue weighted by Crippen LogP contribution is -2.30. The average Bonchev–Trinajstić information content (AvgIpc) is 2.23. The highest BCUT2D eigenvalue weighted by Gasteiger charge is 2.18. The molecule has 1 atom stereocenters. The highest BCUT2D eigenvalue weighted by atomic mass is 16.1. The Morgan fingerprint density at radius 2 is 1.78 bits per heavy atom. The summed E-state index contributed by atoms with van der Waals surface area (Å²) in [5, 5.41) is 2.96. The first kappa shape index (κ1) is 14.7. The smallest absolute Gasteiger partial charge is 0.228 e. The summed E-state index contributed by atoms with van der Waals surface area (Å²) in [6, 6.07) is 6.05. The van der Waals surface area contributed by atoms with Crippen molar-refractivity contribution in [3.8, 4) is 0 Å². The molecule has 1 aromatic carbocycles. The number of carbonyl (C=O) groups is 1. The monoisotopic (exact) mass is 248 g/mol. The van der Waals surface area contributed by atoms with Crippen molar-refractivity contribution in [2.45, 2.75) is 34.1 Å². The maximum Gasteiger partial charge on any atom is 0.228 e. The predicted octanol–water partition coefficient (Wildman–Crippen LogP) is 2.86. The van der Waals surface area contributed by atoms with Crippen LogP contribution in [0.1, 0.15) is 31.4 Å². The van der Waals surface area contributed by atoms with E-state index in [9.17, 15) is 4.79 Å². The van der Waals surface area contributed by atoms with Crippen molar-refractivity contribution in [1.82, 2.24) is 0 Å². The Kier molecular flexibility index (Phi) is 5.35. The summed E-state index contributed by atoms with van der Waals surface area (Å²) >= 11 is 0. The second kappa shape index (κ2) is 6.55. The minimum Gasteiger partial charge on any atom is -0.330 e. The SMILES string of the molecule is Cc1cc(C)cc(NC(=O)C(CN)CC(C)C)c1. The van der Waals surface area contributed by atoms with E-state index in [1.165, 1.54) is 0 Å². The van der Waals surface area contributed by atoms with Crippen LogP contribution >= 0.6 is 0 Å². The number of rotatable bonds is 5. The van der Waals surface area contributed by atoms with Crippen molar-refractivity contribution in [2.75, 3.05) is 11.9 Å². The van der Waals surface area contributed by atoms with E-state index < -0.39 is 0 Å². The Labute approximate surface area is 110 Å². The molecule has 0 fully saturated rings. The van der Waals surface area contributed by atoms with Crippen LogP contribution in [0, 0.1) is 25.7 Å². The van der Waals surface area contributed by atoms with E-state index in [0.717, 1.165) is 23.2 Å². The third-order valence-electron chi connectivity index (χ3n) is 2.90. The first-order valence-electron chi connectivity index (χ1n) is 6.51. The molecule has 0 aliphatic carbocycles. The standard InChI is InChI=1S/C15H24N2O/c1-10(2)5-13(9-16)15(18)17-14-7-11(3)6-12(4)8-14/h6-8,10,13H,5,9,16H2,1-4H3,(H,17,18). The third kappa shape index (κ3) is 4.49. The summed E-state index contributed by atoms with van der Waals surface area (Å²) in [5.74, 6) is 0.394. The third-order valence-corrected chi connectivity index (χ3v) is 2.90. The molecule has 1 rings (SSSR count). The van der Waals surface area contributed by atoms with Crippen molar-refractivity contribution < 1.29 is 4.79 Å². The molecule has 18 heavy (non-hydrogen) atoms. The number of carbonyl (C=O) groups excluding carboxylic acids is 1. The predicted molar refractivity (Wildman–Crippen MR) is 76.5 cm³/mol. The average molecular weight is 248 g/mol. The molecule has 3 heteroatoms. The van der Waals surface area contributed by atoms with Gasteiger partial charge in [0, 0.05) is 12.2 Å². The molecular formula is C15H24N2O. The Bertz CT molecular complexity index is 393. The number of hydrogen-bond donors (Lipinski definition) is 2. The molecule has 0 bridgehead atoms. The molecule has 0 saturated carbocycles. The molecule has 0 saturated heterocycles. The Morgan fingerprint density at radius 3 is 2.22 bits per heavy atom. The summed E-state index contributed by atoms with van der Waals surface area (Å²) in [4.78, 5) is 12.1. The van der Waals surface area contributed by atoms with Gasteiger partial charge in [-0.25, -0.2) is 0 Å². The number of hydrogen-bond acceptors (Lipinski definition) is 2. The van der Waals surface area contributed by atoms with Crippen LogP contribution in [0.4, 0.5) is 5.69 Å². The van der Waals surface area contributed by atoms with Crippen molar-refractivity contribution in [3.63, 3.8) is 0 Å². The minimum atomic E-state index is -0.106. The Morgan fingerprint density at radius 1 is 1.22 bits per heavy atom. The van der Waals surface area contributed by atoms with Crippen LogP contribution in [-0.4, -0.2) is 12.5 Å². The fourth-order valence-corrected chi connectivity index (χ4v) is 2.17. The second-order valence-corrected chi connectivity index (χ2v) is 5.43. The topological polar surface area (TPSA) is 55.1 Å². The van der Waals surface area contributed by atoms with Crippen molar-refractivity contribution in [3.05, 3.63) is 29.3 Å². The number of nitrogens with two attached hydrogens (primary N) is 1. The first-order valence-corrected chi connectivity index (χ1v) is 6.51. The van der Waals surface area contributed by atoms with Crippen LogP contribution in [0.5, 0.6) is 0 Å². The molecule has 0 aliphatic rings. The van der Waals surface area contributed by atoms with Gasteiger partial charge in [-0.1, -0.05) is 19.9 Å². The number of aryl methyl sites for hydroxylation is 2. The van der Waals surface area contributed by atoms with Gasteiger partial charge < -0.3 is 11.1 Å². The molecule has 1 aromatic rings. The fraction of sp³-hybridized carbons (Fsp3) is 0.533. The van der Waals surface area contributed by atoms with E-state index in [-0.39, 0.29) is 11.8 Å². The van der Waals surface area contributed by atoms with Gasteiger partial charge >= 0.3 is 0 Å². The van der Waals surface area contributed by atoms with Gasteiger partial charge in [0.25, 0.3) is 0 Å². The van der Waals surface area contributed by atoms with E-state index in [1.807, 2.05) is 26.0 Å². The number of benzene rings is 1. The van der Waals surface area contributed by atoms with Crippen LogP contribution < -0.4 is 11.1 Å². The Balaban J connectivity index is 2.73. The van der Waals surface area contributed by atoms with Gasteiger partial charge in [0.1, 0.15) is 0 Å². The number of nitrogens with one attached hydrogen (secondary N) is 1. The van der Waals surface area contributed by atoms with Crippen molar-refractivity contribution in [1.29, 1.82) is 0 Å². The normalized spacial score (nSPS) is 12.6. The lowest BCUT2D eigenvalue weighted by atomic mass is 9.96. The van der Waals surface area contributed by atoms with Crippen LogP contribution in [0.3, 0.4) is 0 Å². The second-order valence-electron chi connectivity index (χ2n) is 5.43. The summed E-state index contributed by atoms with van der Waals surface area (Å²) in [5.41, 5.74) is 8.84. The van der Waals surface area contributed by atoms with Crippen LogP contribution in [0.2, 0.25) is 0 Å². The summed E-state index contributed by atoms with van der Waals surface area (Å²) in [7, 11) is 0.